The third-order valence-corrected chi connectivity index (χ3v) is 4.40. The Labute approximate surface area is 163 Å². The van der Waals surface area contributed by atoms with Crippen LogP contribution < -0.4 is 19.5 Å². The van der Waals surface area contributed by atoms with Crippen LogP contribution >= 0.6 is 0 Å². The minimum Gasteiger partial charge on any atom is -0.489 e. The minimum atomic E-state index is -0.226. The van der Waals surface area contributed by atoms with Gasteiger partial charge in [0.15, 0.2) is 11.5 Å². The van der Waals surface area contributed by atoms with Gasteiger partial charge in [-0.3, -0.25) is 4.79 Å². The molecule has 1 atom stereocenters. The van der Waals surface area contributed by atoms with E-state index < -0.39 is 0 Å². The summed E-state index contributed by atoms with van der Waals surface area (Å²) < 4.78 is 17.3. The number of ether oxygens (including phenoxy) is 3. The SMILES string of the molecule is O=C(NC[C@@H]1COc2ccccc2O1)c1cccc(OCc2ccccc2)c1. The average Bonchev–Trinajstić information content (AvgIpc) is 2.77. The summed E-state index contributed by atoms with van der Waals surface area (Å²) in [5, 5.41) is 2.90. The van der Waals surface area contributed by atoms with Gasteiger partial charge in [0, 0.05) is 5.56 Å². The quantitative estimate of drug-likeness (QED) is 0.711. The second kappa shape index (κ2) is 8.48. The van der Waals surface area contributed by atoms with Crippen molar-refractivity contribution in [3.05, 3.63) is 90.0 Å². The first-order valence-corrected chi connectivity index (χ1v) is 9.21. The van der Waals surface area contributed by atoms with Crippen molar-refractivity contribution in [3.8, 4) is 17.2 Å². The van der Waals surface area contributed by atoms with Gasteiger partial charge in [-0.2, -0.15) is 0 Å². The summed E-state index contributed by atoms with van der Waals surface area (Å²) in [6.07, 6.45) is -0.226. The van der Waals surface area contributed by atoms with Crippen LogP contribution in [0.1, 0.15) is 15.9 Å². The van der Waals surface area contributed by atoms with E-state index in [4.69, 9.17) is 14.2 Å². The van der Waals surface area contributed by atoms with Crippen molar-refractivity contribution in [1.82, 2.24) is 5.32 Å². The van der Waals surface area contributed by atoms with E-state index in [2.05, 4.69) is 5.32 Å². The van der Waals surface area contributed by atoms with Crippen LogP contribution in [0.15, 0.2) is 78.9 Å². The second-order valence-corrected chi connectivity index (χ2v) is 6.51. The van der Waals surface area contributed by atoms with E-state index in [0.717, 1.165) is 11.3 Å². The normalized spacial score (nSPS) is 14.9. The first-order valence-electron chi connectivity index (χ1n) is 9.21. The molecule has 5 nitrogen and oxygen atoms in total. The molecule has 0 aliphatic carbocycles. The molecule has 0 aromatic heterocycles. The minimum absolute atomic E-state index is 0.174. The number of fused-ring (bicyclic) bond motifs is 1. The van der Waals surface area contributed by atoms with Gasteiger partial charge in [0.2, 0.25) is 0 Å². The fourth-order valence-electron chi connectivity index (χ4n) is 2.94. The van der Waals surface area contributed by atoms with E-state index in [0.29, 0.717) is 36.8 Å². The summed E-state index contributed by atoms with van der Waals surface area (Å²) in [6, 6.07) is 24.6. The van der Waals surface area contributed by atoms with Crippen molar-refractivity contribution in [1.29, 1.82) is 0 Å². The standard InChI is InChI=1S/C23H21NO4/c25-23(24-14-20-16-27-21-11-4-5-12-22(21)28-20)18-9-6-10-19(13-18)26-15-17-7-2-1-3-8-17/h1-13,20H,14-16H2,(H,24,25)/t20-/m1/s1. The Kier molecular flexibility index (Phi) is 5.43. The number of benzene rings is 3. The molecule has 0 saturated carbocycles. The van der Waals surface area contributed by atoms with Gasteiger partial charge < -0.3 is 19.5 Å². The Morgan fingerprint density at radius 3 is 2.61 bits per heavy atom. The third kappa shape index (κ3) is 4.43. The van der Waals surface area contributed by atoms with Gasteiger partial charge in [-0.05, 0) is 35.9 Å². The number of nitrogens with one attached hydrogen (secondary N) is 1. The molecule has 0 bridgehead atoms. The van der Waals surface area contributed by atoms with Gasteiger partial charge in [0.05, 0.1) is 6.54 Å². The van der Waals surface area contributed by atoms with Crippen LogP contribution in [-0.4, -0.2) is 25.2 Å². The van der Waals surface area contributed by atoms with E-state index in [1.807, 2.05) is 66.7 Å². The van der Waals surface area contributed by atoms with Crippen molar-refractivity contribution in [2.75, 3.05) is 13.2 Å². The Morgan fingerprint density at radius 1 is 0.964 bits per heavy atom. The van der Waals surface area contributed by atoms with E-state index in [9.17, 15) is 4.79 Å². The van der Waals surface area contributed by atoms with Crippen molar-refractivity contribution in [2.24, 2.45) is 0 Å². The van der Waals surface area contributed by atoms with Gasteiger partial charge in [0.1, 0.15) is 25.1 Å². The predicted octanol–water partition coefficient (Wildman–Crippen LogP) is 3.84. The summed E-state index contributed by atoms with van der Waals surface area (Å²) in [5.74, 6) is 1.91. The number of carbonyl (C=O) groups excluding carboxylic acids is 1. The monoisotopic (exact) mass is 375 g/mol. The van der Waals surface area contributed by atoms with Crippen LogP contribution in [0.5, 0.6) is 17.2 Å². The average molecular weight is 375 g/mol. The summed E-state index contributed by atoms with van der Waals surface area (Å²) in [6.45, 7) is 1.22. The van der Waals surface area contributed by atoms with E-state index >= 15 is 0 Å². The van der Waals surface area contributed by atoms with Crippen molar-refractivity contribution in [2.45, 2.75) is 12.7 Å². The highest BCUT2D eigenvalue weighted by atomic mass is 16.6. The van der Waals surface area contributed by atoms with Crippen LogP contribution in [0.3, 0.4) is 0 Å². The molecular formula is C23H21NO4. The van der Waals surface area contributed by atoms with Gasteiger partial charge in [-0.25, -0.2) is 0 Å². The number of para-hydroxylation sites is 2. The summed E-state index contributed by atoms with van der Waals surface area (Å²) in [7, 11) is 0. The van der Waals surface area contributed by atoms with E-state index in [1.54, 1.807) is 12.1 Å². The first kappa shape index (κ1) is 17.9. The lowest BCUT2D eigenvalue weighted by Crippen LogP contribution is -2.40. The maximum atomic E-state index is 12.5. The molecule has 1 amide bonds. The van der Waals surface area contributed by atoms with Crippen LogP contribution in [0.4, 0.5) is 0 Å². The molecule has 28 heavy (non-hydrogen) atoms. The fraction of sp³-hybridized carbons (Fsp3) is 0.174. The lowest BCUT2D eigenvalue weighted by Gasteiger charge is -2.26. The van der Waals surface area contributed by atoms with Crippen molar-refractivity contribution in [3.63, 3.8) is 0 Å². The van der Waals surface area contributed by atoms with Gasteiger partial charge in [-0.15, -0.1) is 0 Å². The van der Waals surface area contributed by atoms with E-state index in [-0.39, 0.29) is 12.0 Å². The fourth-order valence-corrected chi connectivity index (χ4v) is 2.94. The molecule has 1 aliphatic heterocycles. The maximum Gasteiger partial charge on any atom is 0.251 e. The van der Waals surface area contributed by atoms with Gasteiger partial charge in [0.25, 0.3) is 5.91 Å². The Bertz CT molecular complexity index is 942. The molecule has 4 rings (SSSR count). The molecule has 0 fully saturated rings. The molecule has 3 aromatic rings. The van der Waals surface area contributed by atoms with Crippen LogP contribution in [-0.2, 0) is 6.61 Å². The summed E-state index contributed by atoms with van der Waals surface area (Å²) in [5.41, 5.74) is 1.62. The molecule has 1 aliphatic rings. The third-order valence-electron chi connectivity index (χ3n) is 4.40. The largest absolute Gasteiger partial charge is 0.489 e. The number of carbonyl (C=O) groups is 1. The molecule has 3 aromatic carbocycles. The second-order valence-electron chi connectivity index (χ2n) is 6.51. The molecule has 142 valence electrons. The smallest absolute Gasteiger partial charge is 0.251 e. The highest BCUT2D eigenvalue weighted by Gasteiger charge is 2.21. The molecule has 0 spiro atoms. The zero-order valence-electron chi connectivity index (χ0n) is 15.3. The van der Waals surface area contributed by atoms with Crippen LogP contribution in [0.25, 0.3) is 0 Å². The highest BCUT2D eigenvalue weighted by Crippen LogP contribution is 2.30. The molecule has 1 N–H and O–H groups in total. The zero-order valence-corrected chi connectivity index (χ0v) is 15.3. The molecule has 5 heteroatoms. The zero-order chi connectivity index (χ0) is 19.2. The summed E-state index contributed by atoms with van der Waals surface area (Å²) in [4.78, 5) is 12.5. The van der Waals surface area contributed by atoms with Gasteiger partial charge in [-0.1, -0.05) is 48.5 Å². The number of rotatable bonds is 6. The maximum absolute atomic E-state index is 12.5. The highest BCUT2D eigenvalue weighted by molar-refractivity contribution is 5.94. The Hall–Kier alpha value is -3.47. The topological polar surface area (TPSA) is 56.8 Å². The van der Waals surface area contributed by atoms with Crippen LogP contribution in [0.2, 0.25) is 0 Å². The van der Waals surface area contributed by atoms with Gasteiger partial charge >= 0.3 is 0 Å². The first-order chi connectivity index (χ1) is 13.8. The molecule has 1 heterocycles. The molecule has 0 radical (unpaired) electrons. The van der Waals surface area contributed by atoms with Crippen molar-refractivity contribution < 1.29 is 19.0 Å². The molecule has 0 unspecified atom stereocenters. The number of amides is 1. The Balaban J connectivity index is 1.31. The van der Waals surface area contributed by atoms with Crippen molar-refractivity contribution >= 4 is 5.91 Å². The molecule has 0 saturated heterocycles. The summed E-state index contributed by atoms with van der Waals surface area (Å²) >= 11 is 0. The number of hydrogen-bond acceptors (Lipinski definition) is 4. The van der Waals surface area contributed by atoms with E-state index in [1.165, 1.54) is 0 Å². The predicted molar refractivity (Wildman–Crippen MR) is 106 cm³/mol. The van der Waals surface area contributed by atoms with Crippen LogP contribution in [0, 0.1) is 0 Å². The molecular weight excluding hydrogens is 354 g/mol. The Morgan fingerprint density at radius 2 is 1.75 bits per heavy atom. The lowest BCUT2D eigenvalue weighted by molar-refractivity contribution is 0.0789. The lowest BCUT2D eigenvalue weighted by atomic mass is 10.2. The number of hydrogen-bond donors (Lipinski definition) is 1.